The Hall–Kier alpha value is -0.920. The third-order valence-electron chi connectivity index (χ3n) is 3.26. The van der Waals surface area contributed by atoms with Crippen LogP contribution in [0.5, 0.6) is 0 Å². The van der Waals surface area contributed by atoms with Crippen molar-refractivity contribution in [3.05, 3.63) is 12.5 Å². The van der Waals surface area contributed by atoms with Gasteiger partial charge >= 0.3 is 0 Å². The highest BCUT2D eigenvalue weighted by Crippen LogP contribution is 2.29. The van der Waals surface area contributed by atoms with E-state index in [1.165, 1.54) is 16.8 Å². The van der Waals surface area contributed by atoms with Gasteiger partial charge in [-0.3, -0.25) is 0 Å². The number of hydrogen-bond donors (Lipinski definition) is 1. The molecule has 1 saturated heterocycles. The Balaban J connectivity index is 2.38. The number of rotatable bonds is 3. The number of nitrogens with zero attached hydrogens (tertiary/aromatic N) is 2. The SMILES string of the molecule is CCC1(C)COCCN1S(=O)(=O)c1cnc[nH]1. The van der Waals surface area contributed by atoms with Crippen LogP contribution in [0.1, 0.15) is 20.3 Å². The van der Waals surface area contributed by atoms with Gasteiger partial charge < -0.3 is 9.72 Å². The molecule has 1 aliphatic rings. The maximum atomic E-state index is 12.4. The highest BCUT2D eigenvalue weighted by Gasteiger charge is 2.42. The second kappa shape index (κ2) is 4.40. The van der Waals surface area contributed by atoms with E-state index in [0.717, 1.165) is 0 Å². The molecule has 1 fully saturated rings. The fourth-order valence-corrected chi connectivity index (χ4v) is 3.68. The van der Waals surface area contributed by atoms with Gasteiger partial charge in [-0.1, -0.05) is 6.92 Å². The third kappa shape index (κ3) is 2.10. The summed E-state index contributed by atoms with van der Waals surface area (Å²) in [4.78, 5) is 6.42. The number of nitrogens with one attached hydrogen (secondary N) is 1. The normalized spacial score (nSPS) is 27.2. The van der Waals surface area contributed by atoms with Crippen LogP contribution < -0.4 is 0 Å². The molecule has 1 atom stereocenters. The topological polar surface area (TPSA) is 75.3 Å². The summed E-state index contributed by atoms with van der Waals surface area (Å²) in [6.07, 6.45) is 3.41. The van der Waals surface area contributed by atoms with E-state index in [4.69, 9.17) is 4.74 Å². The van der Waals surface area contributed by atoms with Crippen LogP contribution in [-0.4, -0.2) is 48.0 Å². The van der Waals surface area contributed by atoms with Crippen LogP contribution in [0.3, 0.4) is 0 Å². The predicted octanol–water partition coefficient (Wildman–Crippen LogP) is 0.599. The van der Waals surface area contributed by atoms with Crippen LogP contribution in [0, 0.1) is 0 Å². The quantitative estimate of drug-likeness (QED) is 0.862. The zero-order valence-electron chi connectivity index (χ0n) is 10.0. The van der Waals surface area contributed by atoms with Gasteiger partial charge in [-0.25, -0.2) is 13.4 Å². The predicted molar refractivity (Wildman–Crippen MR) is 62.0 cm³/mol. The Morgan fingerprint density at radius 2 is 2.41 bits per heavy atom. The summed E-state index contributed by atoms with van der Waals surface area (Å²) in [5, 5.41) is 0.138. The van der Waals surface area contributed by atoms with E-state index in [1.807, 2.05) is 13.8 Å². The zero-order chi connectivity index (χ0) is 12.5. The molecule has 0 bridgehead atoms. The number of morpholine rings is 1. The summed E-state index contributed by atoms with van der Waals surface area (Å²) < 4.78 is 31.7. The summed E-state index contributed by atoms with van der Waals surface area (Å²) in [5.41, 5.74) is -0.484. The number of aromatic amines is 1. The monoisotopic (exact) mass is 259 g/mol. The zero-order valence-corrected chi connectivity index (χ0v) is 10.8. The summed E-state index contributed by atoms with van der Waals surface area (Å²) in [6, 6.07) is 0. The number of aromatic nitrogens is 2. The molecule has 0 saturated carbocycles. The van der Waals surface area contributed by atoms with Gasteiger partial charge in [-0.05, 0) is 13.3 Å². The van der Waals surface area contributed by atoms with Crippen molar-refractivity contribution < 1.29 is 13.2 Å². The molecule has 2 rings (SSSR count). The highest BCUT2D eigenvalue weighted by atomic mass is 32.2. The summed E-state index contributed by atoms with van der Waals surface area (Å²) in [6.45, 7) is 5.11. The van der Waals surface area contributed by atoms with Crippen LogP contribution in [0.25, 0.3) is 0 Å². The first-order valence-electron chi connectivity index (χ1n) is 5.60. The first-order chi connectivity index (χ1) is 8.00. The number of hydrogen-bond acceptors (Lipinski definition) is 4. The van der Waals surface area contributed by atoms with E-state index in [1.54, 1.807) is 0 Å². The van der Waals surface area contributed by atoms with Crippen molar-refractivity contribution in [2.24, 2.45) is 0 Å². The second-order valence-corrected chi connectivity index (χ2v) is 6.23. The van der Waals surface area contributed by atoms with Gasteiger partial charge in [0.15, 0.2) is 5.03 Å². The minimum atomic E-state index is -3.50. The third-order valence-corrected chi connectivity index (χ3v) is 5.24. The first-order valence-corrected chi connectivity index (χ1v) is 7.04. The molecular weight excluding hydrogens is 242 g/mol. The molecule has 0 radical (unpaired) electrons. The van der Waals surface area contributed by atoms with Gasteiger partial charge in [0.05, 0.1) is 31.3 Å². The molecule has 2 heterocycles. The Kier molecular flexibility index (Phi) is 3.24. The molecule has 0 aliphatic carbocycles. The fourth-order valence-electron chi connectivity index (χ4n) is 1.97. The van der Waals surface area contributed by atoms with E-state index in [-0.39, 0.29) is 5.03 Å². The van der Waals surface area contributed by atoms with Gasteiger partial charge in [0.25, 0.3) is 10.0 Å². The molecule has 7 heteroatoms. The van der Waals surface area contributed by atoms with E-state index < -0.39 is 15.6 Å². The lowest BCUT2D eigenvalue weighted by Gasteiger charge is -2.42. The van der Waals surface area contributed by atoms with Crippen molar-refractivity contribution in [1.29, 1.82) is 0 Å². The molecule has 1 unspecified atom stereocenters. The molecular formula is C10H17N3O3S. The maximum Gasteiger partial charge on any atom is 0.260 e. The lowest BCUT2D eigenvalue weighted by Crippen LogP contribution is -2.56. The van der Waals surface area contributed by atoms with Gasteiger partial charge in [0.2, 0.25) is 0 Å². The van der Waals surface area contributed by atoms with Crippen LogP contribution in [0.2, 0.25) is 0 Å². The van der Waals surface area contributed by atoms with Crippen LogP contribution >= 0.6 is 0 Å². The molecule has 1 aromatic heterocycles. The molecule has 96 valence electrons. The fraction of sp³-hybridized carbons (Fsp3) is 0.700. The molecule has 17 heavy (non-hydrogen) atoms. The first kappa shape index (κ1) is 12.5. The lowest BCUT2D eigenvalue weighted by molar-refractivity contribution is -0.0187. The number of sulfonamides is 1. The number of imidazole rings is 1. The summed E-state index contributed by atoms with van der Waals surface area (Å²) >= 11 is 0. The van der Waals surface area contributed by atoms with Gasteiger partial charge in [0, 0.05) is 6.54 Å². The lowest BCUT2D eigenvalue weighted by atomic mass is 9.99. The van der Waals surface area contributed by atoms with Crippen molar-refractivity contribution >= 4 is 10.0 Å². The molecule has 1 N–H and O–H groups in total. The minimum absolute atomic E-state index is 0.138. The van der Waals surface area contributed by atoms with E-state index >= 15 is 0 Å². The van der Waals surface area contributed by atoms with Gasteiger partial charge in [-0.2, -0.15) is 4.31 Å². The van der Waals surface area contributed by atoms with Gasteiger partial charge in [0.1, 0.15) is 0 Å². The Morgan fingerprint density at radius 1 is 1.65 bits per heavy atom. The molecule has 1 aromatic rings. The molecule has 0 spiro atoms. The Labute approximate surface area is 101 Å². The highest BCUT2D eigenvalue weighted by molar-refractivity contribution is 7.89. The minimum Gasteiger partial charge on any atom is -0.378 e. The summed E-state index contributed by atoms with van der Waals surface area (Å²) in [7, 11) is -3.50. The van der Waals surface area contributed by atoms with Crippen LogP contribution in [-0.2, 0) is 14.8 Å². The second-order valence-electron chi connectivity index (χ2n) is 4.40. The van der Waals surface area contributed by atoms with Crippen molar-refractivity contribution in [2.45, 2.75) is 30.8 Å². The molecule has 0 aromatic carbocycles. The Morgan fingerprint density at radius 3 is 3.00 bits per heavy atom. The standard InChI is InChI=1S/C10H17N3O3S/c1-3-10(2)7-16-5-4-13(10)17(14,15)9-6-11-8-12-9/h6,8H,3-5,7H2,1-2H3,(H,11,12). The molecule has 1 aliphatic heterocycles. The Bertz CT molecular complexity index is 471. The molecule has 0 amide bonds. The van der Waals surface area contributed by atoms with Crippen molar-refractivity contribution in [3.8, 4) is 0 Å². The van der Waals surface area contributed by atoms with Crippen molar-refractivity contribution in [2.75, 3.05) is 19.8 Å². The van der Waals surface area contributed by atoms with E-state index in [2.05, 4.69) is 9.97 Å². The van der Waals surface area contributed by atoms with E-state index in [9.17, 15) is 8.42 Å². The molecule has 6 nitrogen and oxygen atoms in total. The van der Waals surface area contributed by atoms with Gasteiger partial charge in [-0.15, -0.1) is 0 Å². The number of ether oxygens (including phenoxy) is 1. The largest absolute Gasteiger partial charge is 0.378 e. The average Bonchev–Trinajstić information content (AvgIpc) is 2.83. The average molecular weight is 259 g/mol. The van der Waals surface area contributed by atoms with Crippen LogP contribution in [0.4, 0.5) is 0 Å². The van der Waals surface area contributed by atoms with Crippen molar-refractivity contribution in [1.82, 2.24) is 14.3 Å². The van der Waals surface area contributed by atoms with E-state index in [0.29, 0.717) is 26.2 Å². The summed E-state index contributed by atoms with van der Waals surface area (Å²) in [5.74, 6) is 0. The smallest absolute Gasteiger partial charge is 0.260 e. The maximum absolute atomic E-state index is 12.4. The van der Waals surface area contributed by atoms with Crippen molar-refractivity contribution in [3.63, 3.8) is 0 Å². The van der Waals surface area contributed by atoms with Crippen LogP contribution in [0.15, 0.2) is 17.6 Å². The number of H-pyrrole nitrogens is 1.